The first-order valence-corrected chi connectivity index (χ1v) is 6.29. The van der Waals surface area contributed by atoms with Crippen molar-refractivity contribution < 1.29 is 4.74 Å². The van der Waals surface area contributed by atoms with E-state index in [1.165, 1.54) is 16.7 Å². The van der Waals surface area contributed by atoms with Crippen LogP contribution in [-0.2, 0) is 0 Å². The molecule has 0 saturated carbocycles. The Morgan fingerprint density at radius 3 is 2.44 bits per heavy atom. The minimum Gasteiger partial charge on any atom is -0.493 e. The summed E-state index contributed by atoms with van der Waals surface area (Å²) >= 11 is 1.62. The summed E-state index contributed by atoms with van der Waals surface area (Å²) in [4.78, 5) is 4.32. The quantitative estimate of drug-likeness (QED) is 0.804. The number of ether oxygens (including phenoxy) is 1. The molecule has 1 aromatic heterocycles. The van der Waals surface area contributed by atoms with Crippen molar-refractivity contribution >= 4 is 11.3 Å². The van der Waals surface area contributed by atoms with Crippen molar-refractivity contribution in [3.63, 3.8) is 0 Å². The molecule has 3 heteroatoms. The molecule has 0 bridgehead atoms. The first-order valence-electron chi connectivity index (χ1n) is 5.35. The number of benzene rings is 1. The lowest BCUT2D eigenvalue weighted by atomic mass is 10.0. The number of thiazole rings is 1. The normalized spacial score (nSPS) is 10.4. The first kappa shape index (κ1) is 11.1. The molecule has 0 aliphatic rings. The van der Waals surface area contributed by atoms with Crippen molar-refractivity contribution in [1.29, 1.82) is 0 Å². The fourth-order valence-corrected chi connectivity index (χ4v) is 2.39. The Bertz CT molecular complexity index is 454. The van der Waals surface area contributed by atoms with Gasteiger partial charge in [0.2, 0.25) is 0 Å². The highest BCUT2D eigenvalue weighted by Gasteiger charge is 2.08. The highest BCUT2D eigenvalue weighted by Crippen LogP contribution is 2.29. The summed E-state index contributed by atoms with van der Waals surface area (Å²) in [6, 6.07) is 4.26. The van der Waals surface area contributed by atoms with Crippen LogP contribution in [0.5, 0.6) is 5.75 Å². The van der Waals surface area contributed by atoms with Crippen LogP contribution >= 0.6 is 11.3 Å². The van der Waals surface area contributed by atoms with E-state index in [0.717, 1.165) is 11.4 Å². The molecule has 16 heavy (non-hydrogen) atoms. The molecule has 1 heterocycles. The van der Waals surface area contributed by atoms with Gasteiger partial charge in [-0.2, -0.15) is 0 Å². The predicted molar refractivity (Wildman–Crippen MR) is 68.2 cm³/mol. The Labute approximate surface area is 99.9 Å². The largest absolute Gasteiger partial charge is 0.493 e. The Balaban J connectivity index is 2.45. The Morgan fingerprint density at radius 2 is 1.94 bits per heavy atom. The molecule has 0 atom stereocenters. The molecule has 0 N–H and O–H groups in total. The van der Waals surface area contributed by atoms with E-state index in [9.17, 15) is 0 Å². The van der Waals surface area contributed by atoms with Crippen LogP contribution in [0.2, 0.25) is 0 Å². The average Bonchev–Trinajstić information content (AvgIpc) is 2.76. The van der Waals surface area contributed by atoms with E-state index in [4.69, 9.17) is 4.74 Å². The monoisotopic (exact) mass is 233 g/mol. The summed E-state index contributed by atoms with van der Waals surface area (Å²) in [5, 5.41) is 2.06. The molecule has 2 aromatic rings. The van der Waals surface area contributed by atoms with Crippen LogP contribution in [0, 0.1) is 13.8 Å². The molecule has 2 nitrogen and oxygen atoms in total. The number of hydrogen-bond acceptors (Lipinski definition) is 3. The van der Waals surface area contributed by atoms with Crippen molar-refractivity contribution in [2.24, 2.45) is 0 Å². The van der Waals surface area contributed by atoms with Gasteiger partial charge in [0.05, 0.1) is 17.8 Å². The molecular weight excluding hydrogens is 218 g/mol. The van der Waals surface area contributed by atoms with Gasteiger partial charge >= 0.3 is 0 Å². The van der Waals surface area contributed by atoms with E-state index in [-0.39, 0.29) is 0 Å². The number of aryl methyl sites for hydroxylation is 2. The highest BCUT2D eigenvalue weighted by atomic mass is 32.1. The molecule has 0 aliphatic carbocycles. The van der Waals surface area contributed by atoms with Crippen molar-refractivity contribution in [2.75, 3.05) is 6.61 Å². The van der Waals surface area contributed by atoms with Crippen LogP contribution in [0.25, 0.3) is 11.3 Å². The lowest BCUT2D eigenvalue weighted by Gasteiger charge is -2.12. The molecule has 84 valence electrons. The maximum absolute atomic E-state index is 5.62. The zero-order chi connectivity index (χ0) is 11.5. The van der Waals surface area contributed by atoms with Crippen molar-refractivity contribution in [3.05, 3.63) is 34.2 Å². The molecule has 2 rings (SSSR count). The molecule has 1 aromatic carbocycles. The number of nitrogens with zero attached hydrogens (tertiary/aromatic N) is 1. The lowest BCUT2D eigenvalue weighted by molar-refractivity contribution is 0.335. The van der Waals surface area contributed by atoms with Gasteiger partial charge in [-0.1, -0.05) is 0 Å². The third-order valence-electron chi connectivity index (χ3n) is 2.48. The molecular formula is C13H15NOS. The lowest BCUT2D eigenvalue weighted by Crippen LogP contribution is -1.97. The van der Waals surface area contributed by atoms with Crippen molar-refractivity contribution in [2.45, 2.75) is 20.8 Å². The number of rotatable bonds is 3. The van der Waals surface area contributed by atoms with Crippen LogP contribution in [0.1, 0.15) is 18.1 Å². The first-order chi connectivity index (χ1) is 7.72. The maximum Gasteiger partial charge on any atom is 0.125 e. The fourth-order valence-electron chi connectivity index (χ4n) is 1.83. The van der Waals surface area contributed by atoms with Crippen LogP contribution < -0.4 is 4.74 Å². The van der Waals surface area contributed by atoms with Crippen molar-refractivity contribution in [1.82, 2.24) is 4.98 Å². The zero-order valence-corrected chi connectivity index (χ0v) is 10.6. The fraction of sp³-hybridized carbons (Fsp3) is 0.308. The van der Waals surface area contributed by atoms with Crippen LogP contribution in [0.4, 0.5) is 0 Å². The standard InChI is InChI=1S/C13H15NOS/c1-4-15-13-9(2)5-11(6-10(13)3)12-7-16-8-14-12/h5-8H,4H2,1-3H3. The van der Waals surface area contributed by atoms with Gasteiger partial charge in [-0.15, -0.1) is 11.3 Å². The molecule has 0 saturated heterocycles. The molecule has 0 unspecified atom stereocenters. The molecule has 0 fully saturated rings. The summed E-state index contributed by atoms with van der Waals surface area (Å²) in [5.41, 5.74) is 6.41. The van der Waals surface area contributed by atoms with Gasteiger partial charge in [0.1, 0.15) is 5.75 Å². The topological polar surface area (TPSA) is 22.1 Å². The molecule has 0 amide bonds. The van der Waals surface area contributed by atoms with Gasteiger partial charge in [0, 0.05) is 10.9 Å². The minimum absolute atomic E-state index is 0.706. The van der Waals surface area contributed by atoms with Crippen LogP contribution in [0.15, 0.2) is 23.0 Å². The van der Waals surface area contributed by atoms with Gasteiger partial charge in [0.15, 0.2) is 0 Å². The molecule has 0 radical (unpaired) electrons. The van der Waals surface area contributed by atoms with Gasteiger partial charge in [0.25, 0.3) is 0 Å². The van der Waals surface area contributed by atoms with E-state index in [0.29, 0.717) is 6.61 Å². The maximum atomic E-state index is 5.62. The van der Waals surface area contributed by atoms with Gasteiger partial charge < -0.3 is 4.74 Å². The Kier molecular flexibility index (Phi) is 3.25. The second kappa shape index (κ2) is 4.66. The minimum atomic E-state index is 0.706. The van der Waals surface area contributed by atoms with E-state index in [2.05, 4.69) is 36.3 Å². The number of aromatic nitrogens is 1. The van der Waals surface area contributed by atoms with E-state index < -0.39 is 0 Å². The number of hydrogen-bond donors (Lipinski definition) is 0. The van der Waals surface area contributed by atoms with Crippen LogP contribution in [0.3, 0.4) is 0 Å². The third kappa shape index (κ3) is 2.09. The molecule has 0 spiro atoms. The van der Waals surface area contributed by atoms with E-state index in [1.54, 1.807) is 11.3 Å². The Hall–Kier alpha value is -1.35. The summed E-state index contributed by atoms with van der Waals surface area (Å²) in [6.45, 7) is 6.87. The van der Waals surface area contributed by atoms with Crippen molar-refractivity contribution in [3.8, 4) is 17.0 Å². The predicted octanol–water partition coefficient (Wildman–Crippen LogP) is 3.83. The second-order valence-electron chi connectivity index (χ2n) is 3.75. The highest BCUT2D eigenvalue weighted by molar-refractivity contribution is 7.07. The molecule has 0 aliphatic heterocycles. The smallest absolute Gasteiger partial charge is 0.125 e. The SMILES string of the molecule is CCOc1c(C)cc(-c2cscn2)cc1C. The Morgan fingerprint density at radius 1 is 1.25 bits per heavy atom. The summed E-state index contributed by atoms with van der Waals surface area (Å²) < 4.78 is 5.62. The van der Waals surface area contributed by atoms with Gasteiger partial charge in [-0.25, -0.2) is 4.98 Å². The zero-order valence-electron chi connectivity index (χ0n) is 9.78. The van der Waals surface area contributed by atoms with E-state index >= 15 is 0 Å². The average molecular weight is 233 g/mol. The van der Waals surface area contributed by atoms with E-state index in [1.807, 2.05) is 12.4 Å². The van der Waals surface area contributed by atoms with Gasteiger partial charge in [-0.05, 0) is 44.0 Å². The van der Waals surface area contributed by atoms with Crippen LogP contribution in [-0.4, -0.2) is 11.6 Å². The summed E-state index contributed by atoms with van der Waals surface area (Å²) in [7, 11) is 0. The second-order valence-corrected chi connectivity index (χ2v) is 4.46. The summed E-state index contributed by atoms with van der Waals surface area (Å²) in [5.74, 6) is 1.00. The summed E-state index contributed by atoms with van der Waals surface area (Å²) in [6.07, 6.45) is 0. The third-order valence-corrected chi connectivity index (χ3v) is 3.06. The van der Waals surface area contributed by atoms with Gasteiger partial charge in [-0.3, -0.25) is 0 Å².